The molecule has 3 N–H and O–H groups in total. The van der Waals surface area contributed by atoms with Crippen molar-refractivity contribution in [3.8, 4) is 0 Å². The standard InChI is InChI=1S/C18H18N4O2S2/c1-25-18-22-14-8-7-13(9-15(14)26-18)21-16(23)11-20-17(24)19-10-12-5-3-2-4-6-12/h2-9H,10-11H2,1H3,(H,21,23)(H2,19,20,24). The number of carbonyl (C=O) groups excluding carboxylic acids is 2. The number of urea groups is 1. The molecular formula is C18H18N4O2S2. The van der Waals surface area contributed by atoms with Crippen molar-refractivity contribution in [2.45, 2.75) is 10.9 Å². The van der Waals surface area contributed by atoms with Gasteiger partial charge in [-0.3, -0.25) is 4.79 Å². The molecule has 3 amide bonds. The van der Waals surface area contributed by atoms with Crippen LogP contribution in [-0.4, -0.2) is 29.7 Å². The Kier molecular flexibility index (Phi) is 6.08. The number of carbonyl (C=O) groups is 2. The Balaban J connectivity index is 1.47. The van der Waals surface area contributed by atoms with Gasteiger partial charge in [-0.25, -0.2) is 9.78 Å². The highest BCUT2D eigenvalue weighted by atomic mass is 32.2. The molecule has 2 aromatic carbocycles. The van der Waals surface area contributed by atoms with Crippen LogP contribution in [0.15, 0.2) is 52.9 Å². The quantitative estimate of drug-likeness (QED) is 0.567. The minimum atomic E-state index is -0.383. The zero-order chi connectivity index (χ0) is 18.4. The van der Waals surface area contributed by atoms with Crippen LogP contribution in [-0.2, 0) is 11.3 Å². The maximum Gasteiger partial charge on any atom is 0.315 e. The van der Waals surface area contributed by atoms with E-state index >= 15 is 0 Å². The van der Waals surface area contributed by atoms with Gasteiger partial charge in [0, 0.05) is 12.2 Å². The molecule has 6 nitrogen and oxygen atoms in total. The first kappa shape index (κ1) is 18.2. The van der Waals surface area contributed by atoms with Gasteiger partial charge in [0.25, 0.3) is 0 Å². The first-order valence-electron chi connectivity index (χ1n) is 7.94. The third kappa shape index (κ3) is 4.96. The molecule has 0 saturated heterocycles. The lowest BCUT2D eigenvalue weighted by Gasteiger charge is -2.08. The fourth-order valence-corrected chi connectivity index (χ4v) is 3.80. The summed E-state index contributed by atoms with van der Waals surface area (Å²) in [5.74, 6) is -0.284. The summed E-state index contributed by atoms with van der Waals surface area (Å²) < 4.78 is 2.00. The lowest BCUT2D eigenvalue weighted by atomic mass is 10.2. The summed E-state index contributed by atoms with van der Waals surface area (Å²) in [4.78, 5) is 28.3. The number of fused-ring (bicyclic) bond motifs is 1. The van der Waals surface area contributed by atoms with E-state index in [0.717, 1.165) is 20.1 Å². The minimum absolute atomic E-state index is 0.0998. The van der Waals surface area contributed by atoms with Gasteiger partial charge in [0.1, 0.15) is 0 Å². The SMILES string of the molecule is CSc1nc2ccc(NC(=O)CNC(=O)NCc3ccccc3)cc2s1. The highest BCUT2D eigenvalue weighted by Crippen LogP contribution is 2.29. The third-order valence-electron chi connectivity index (χ3n) is 3.53. The molecule has 0 saturated carbocycles. The molecule has 26 heavy (non-hydrogen) atoms. The van der Waals surface area contributed by atoms with E-state index in [4.69, 9.17) is 0 Å². The van der Waals surface area contributed by atoms with E-state index in [1.807, 2.05) is 48.7 Å². The number of hydrogen-bond donors (Lipinski definition) is 3. The van der Waals surface area contributed by atoms with Crippen LogP contribution in [0, 0.1) is 0 Å². The zero-order valence-electron chi connectivity index (χ0n) is 14.1. The van der Waals surface area contributed by atoms with Crippen molar-refractivity contribution in [3.05, 3.63) is 54.1 Å². The number of benzene rings is 2. The van der Waals surface area contributed by atoms with E-state index in [-0.39, 0.29) is 18.5 Å². The lowest BCUT2D eigenvalue weighted by molar-refractivity contribution is -0.115. The molecule has 0 spiro atoms. The maximum absolute atomic E-state index is 12.0. The summed E-state index contributed by atoms with van der Waals surface area (Å²) in [5.41, 5.74) is 2.59. The fourth-order valence-electron chi connectivity index (χ4n) is 2.27. The summed E-state index contributed by atoms with van der Waals surface area (Å²) in [6.45, 7) is 0.311. The average Bonchev–Trinajstić information content (AvgIpc) is 3.08. The van der Waals surface area contributed by atoms with Gasteiger partial charge in [-0.1, -0.05) is 42.1 Å². The van der Waals surface area contributed by atoms with Gasteiger partial charge in [0.05, 0.1) is 16.8 Å². The predicted octanol–water partition coefficient (Wildman–Crippen LogP) is 3.46. The molecule has 8 heteroatoms. The van der Waals surface area contributed by atoms with Crippen molar-refractivity contribution in [1.82, 2.24) is 15.6 Å². The third-order valence-corrected chi connectivity index (χ3v) is 5.54. The molecule has 3 rings (SSSR count). The second kappa shape index (κ2) is 8.68. The van der Waals surface area contributed by atoms with Crippen molar-refractivity contribution in [1.29, 1.82) is 0 Å². The molecule has 1 aromatic heterocycles. The molecule has 0 aliphatic carbocycles. The molecule has 134 valence electrons. The Morgan fingerprint density at radius 2 is 1.92 bits per heavy atom. The van der Waals surface area contributed by atoms with Gasteiger partial charge in [-0.05, 0) is 30.0 Å². The van der Waals surface area contributed by atoms with Gasteiger partial charge in [-0.15, -0.1) is 11.3 Å². The van der Waals surface area contributed by atoms with Gasteiger partial charge in [0.2, 0.25) is 5.91 Å². The van der Waals surface area contributed by atoms with Crippen LogP contribution in [0.3, 0.4) is 0 Å². The fraction of sp³-hybridized carbons (Fsp3) is 0.167. The predicted molar refractivity (Wildman–Crippen MR) is 107 cm³/mol. The van der Waals surface area contributed by atoms with Gasteiger partial charge in [0.15, 0.2) is 4.34 Å². The number of rotatable bonds is 6. The van der Waals surface area contributed by atoms with Crippen molar-refractivity contribution in [2.24, 2.45) is 0 Å². The number of nitrogens with one attached hydrogen (secondary N) is 3. The van der Waals surface area contributed by atoms with Crippen molar-refractivity contribution in [3.63, 3.8) is 0 Å². The highest BCUT2D eigenvalue weighted by Gasteiger charge is 2.08. The summed E-state index contributed by atoms with van der Waals surface area (Å²) in [5, 5.41) is 8.04. The number of thiazole rings is 1. The van der Waals surface area contributed by atoms with Crippen molar-refractivity contribution in [2.75, 3.05) is 18.1 Å². The molecule has 0 atom stereocenters. The number of hydrogen-bond acceptors (Lipinski definition) is 5. The Morgan fingerprint density at radius 3 is 2.69 bits per heavy atom. The summed E-state index contributed by atoms with van der Waals surface area (Å²) >= 11 is 3.18. The molecule has 3 aromatic rings. The Morgan fingerprint density at radius 1 is 1.12 bits per heavy atom. The van der Waals surface area contributed by atoms with E-state index < -0.39 is 0 Å². The Labute approximate surface area is 159 Å². The van der Waals surface area contributed by atoms with Crippen LogP contribution in [0.4, 0.5) is 10.5 Å². The minimum Gasteiger partial charge on any atom is -0.334 e. The summed E-state index contributed by atoms with van der Waals surface area (Å²) in [7, 11) is 0. The van der Waals surface area contributed by atoms with Crippen molar-refractivity contribution < 1.29 is 9.59 Å². The monoisotopic (exact) mass is 386 g/mol. The highest BCUT2D eigenvalue weighted by molar-refractivity contribution is 8.00. The van der Waals surface area contributed by atoms with Crippen LogP contribution in [0.2, 0.25) is 0 Å². The summed E-state index contributed by atoms with van der Waals surface area (Å²) in [6, 6.07) is 14.8. The smallest absolute Gasteiger partial charge is 0.315 e. The van der Waals surface area contributed by atoms with E-state index in [2.05, 4.69) is 20.9 Å². The van der Waals surface area contributed by atoms with Crippen LogP contribution >= 0.6 is 23.1 Å². The van der Waals surface area contributed by atoms with Crippen LogP contribution in [0.1, 0.15) is 5.56 Å². The topological polar surface area (TPSA) is 83.1 Å². The Bertz CT molecular complexity index is 912. The molecule has 0 bridgehead atoms. The number of amides is 3. The molecule has 0 fully saturated rings. The summed E-state index contributed by atoms with van der Waals surface area (Å²) in [6.07, 6.45) is 1.98. The zero-order valence-corrected chi connectivity index (χ0v) is 15.7. The largest absolute Gasteiger partial charge is 0.334 e. The van der Waals surface area contributed by atoms with E-state index in [0.29, 0.717) is 12.2 Å². The molecule has 0 aliphatic heterocycles. The molecule has 0 radical (unpaired) electrons. The van der Waals surface area contributed by atoms with E-state index in [9.17, 15) is 9.59 Å². The number of thioether (sulfide) groups is 1. The molecule has 0 aliphatic rings. The Hall–Kier alpha value is -2.58. The second-order valence-corrected chi connectivity index (χ2v) is 7.52. The van der Waals surface area contributed by atoms with Gasteiger partial charge in [-0.2, -0.15) is 0 Å². The number of aromatic nitrogens is 1. The van der Waals surface area contributed by atoms with E-state index in [1.54, 1.807) is 29.2 Å². The van der Waals surface area contributed by atoms with Gasteiger partial charge < -0.3 is 16.0 Å². The number of nitrogens with zero attached hydrogens (tertiary/aromatic N) is 1. The van der Waals surface area contributed by atoms with Crippen LogP contribution in [0.5, 0.6) is 0 Å². The average molecular weight is 387 g/mol. The van der Waals surface area contributed by atoms with Crippen molar-refractivity contribution >= 4 is 50.9 Å². The number of anilines is 1. The van der Waals surface area contributed by atoms with Crippen LogP contribution < -0.4 is 16.0 Å². The molecule has 1 heterocycles. The second-order valence-electron chi connectivity index (χ2n) is 5.44. The molecular weight excluding hydrogens is 368 g/mol. The maximum atomic E-state index is 12.0. The van der Waals surface area contributed by atoms with E-state index in [1.165, 1.54) is 0 Å². The first-order valence-corrected chi connectivity index (χ1v) is 9.98. The molecule has 0 unspecified atom stereocenters. The first-order chi connectivity index (χ1) is 12.6. The van der Waals surface area contributed by atoms with Crippen LogP contribution in [0.25, 0.3) is 10.2 Å². The van der Waals surface area contributed by atoms with Gasteiger partial charge >= 0.3 is 6.03 Å². The normalized spacial score (nSPS) is 10.5. The lowest BCUT2D eigenvalue weighted by Crippen LogP contribution is -2.39.